The van der Waals surface area contributed by atoms with Crippen LogP contribution in [0.4, 0.5) is 5.69 Å². The summed E-state index contributed by atoms with van der Waals surface area (Å²) in [5, 5.41) is 2.95. The summed E-state index contributed by atoms with van der Waals surface area (Å²) in [4.78, 5) is 9.31. The van der Waals surface area contributed by atoms with Crippen molar-refractivity contribution in [3.63, 3.8) is 0 Å². The molecule has 0 saturated carbocycles. The lowest BCUT2D eigenvalue weighted by Gasteiger charge is -2.11. The Morgan fingerprint density at radius 3 is 2.62 bits per heavy atom. The number of fused-ring (bicyclic) bond motifs is 4. The first-order chi connectivity index (χ1) is 11.2. The van der Waals surface area contributed by atoms with Gasteiger partial charge in [0.25, 0.3) is 0 Å². The second kappa shape index (κ2) is 6.13. The predicted molar refractivity (Wildman–Crippen MR) is 101 cm³/mol. The standard InChI is InChI=1S/C19H17N3O.ClH/c1-3-21-15-10-17-16(8-11(15)2)22-19-13-7-5-4-6-12(13)14(20)9-18(19)23-17;/h4-10H,3,20H2,1-2H3;1H. The molecule has 0 spiro atoms. The molecule has 1 heterocycles. The number of aromatic nitrogens is 1. The molecule has 24 heavy (non-hydrogen) atoms. The summed E-state index contributed by atoms with van der Waals surface area (Å²) in [6.07, 6.45) is 0. The smallest absolute Gasteiger partial charge is 0.155 e. The first-order valence-corrected chi connectivity index (χ1v) is 7.70. The van der Waals surface area contributed by atoms with Gasteiger partial charge in [-0.2, -0.15) is 0 Å². The zero-order valence-corrected chi connectivity index (χ0v) is 14.4. The number of nitrogen functional groups attached to an aromatic ring is 1. The highest BCUT2D eigenvalue weighted by molar-refractivity contribution is 6.09. The topological polar surface area (TPSA) is 64.4 Å². The molecule has 0 aromatic heterocycles. The van der Waals surface area contributed by atoms with Crippen LogP contribution >= 0.6 is 12.4 Å². The normalized spacial score (nSPS) is 12.0. The first kappa shape index (κ1) is 16.3. The molecule has 4 nitrogen and oxygen atoms in total. The molecule has 2 aromatic carbocycles. The SMILES string of the molecule is CCN=c1cc2oc3cc(N)c4ccccc4c3nc-2cc1C.Cl. The molecule has 0 saturated heterocycles. The summed E-state index contributed by atoms with van der Waals surface area (Å²) < 4.78 is 6.07. The van der Waals surface area contributed by atoms with E-state index >= 15 is 0 Å². The largest absolute Gasteiger partial charge is 0.453 e. The highest BCUT2D eigenvalue weighted by atomic mass is 35.5. The first-order valence-electron chi connectivity index (χ1n) is 7.70. The van der Waals surface area contributed by atoms with Gasteiger partial charge in [-0.05, 0) is 25.5 Å². The average Bonchev–Trinajstić information content (AvgIpc) is 2.55. The van der Waals surface area contributed by atoms with E-state index < -0.39 is 0 Å². The van der Waals surface area contributed by atoms with E-state index in [4.69, 9.17) is 15.1 Å². The summed E-state index contributed by atoms with van der Waals surface area (Å²) in [6, 6.07) is 13.8. The minimum Gasteiger partial charge on any atom is -0.453 e. The van der Waals surface area contributed by atoms with Crippen molar-refractivity contribution in [1.29, 1.82) is 0 Å². The van der Waals surface area contributed by atoms with Crippen LogP contribution < -0.4 is 11.1 Å². The number of benzene rings is 3. The number of hydrogen-bond acceptors (Lipinski definition) is 4. The van der Waals surface area contributed by atoms with Gasteiger partial charge in [0.15, 0.2) is 11.3 Å². The number of halogens is 1. The zero-order valence-electron chi connectivity index (χ0n) is 13.5. The van der Waals surface area contributed by atoms with E-state index in [0.717, 1.165) is 45.2 Å². The van der Waals surface area contributed by atoms with Gasteiger partial charge in [0.05, 0.1) is 5.36 Å². The van der Waals surface area contributed by atoms with Crippen molar-refractivity contribution < 1.29 is 4.42 Å². The van der Waals surface area contributed by atoms with Crippen LogP contribution in [0.3, 0.4) is 0 Å². The molecule has 4 rings (SSSR count). The van der Waals surface area contributed by atoms with Gasteiger partial charge in [-0.3, -0.25) is 4.99 Å². The molecule has 1 aliphatic heterocycles. The molecule has 2 aliphatic rings. The van der Waals surface area contributed by atoms with Gasteiger partial charge in [-0.25, -0.2) is 4.98 Å². The van der Waals surface area contributed by atoms with Crippen LogP contribution in [0.5, 0.6) is 0 Å². The number of hydrogen-bond donors (Lipinski definition) is 1. The summed E-state index contributed by atoms with van der Waals surface area (Å²) in [5.74, 6) is 0.727. The quantitative estimate of drug-likeness (QED) is 0.319. The third-order valence-electron chi connectivity index (χ3n) is 4.07. The highest BCUT2D eigenvalue weighted by Crippen LogP contribution is 2.32. The maximum Gasteiger partial charge on any atom is 0.155 e. The fourth-order valence-electron chi connectivity index (χ4n) is 2.97. The zero-order chi connectivity index (χ0) is 16.0. The Balaban J connectivity index is 0.00000169. The van der Waals surface area contributed by atoms with Gasteiger partial charge < -0.3 is 10.2 Å². The molecule has 122 valence electrons. The Morgan fingerprint density at radius 1 is 1.12 bits per heavy atom. The number of anilines is 1. The Kier molecular flexibility index (Phi) is 4.16. The monoisotopic (exact) mass is 339 g/mol. The van der Waals surface area contributed by atoms with Crippen LogP contribution in [0, 0.1) is 6.92 Å². The van der Waals surface area contributed by atoms with Crippen LogP contribution in [0.25, 0.3) is 33.3 Å². The summed E-state index contributed by atoms with van der Waals surface area (Å²) in [6.45, 7) is 4.80. The van der Waals surface area contributed by atoms with Crippen LogP contribution in [0.1, 0.15) is 12.5 Å². The fourth-order valence-corrected chi connectivity index (χ4v) is 2.97. The highest BCUT2D eigenvalue weighted by Gasteiger charge is 2.13. The van der Waals surface area contributed by atoms with E-state index in [0.29, 0.717) is 11.3 Å². The summed E-state index contributed by atoms with van der Waals surface area (Å²) >= 11 is 0. The fraction of sp³-hybridized carbons (Fsp3) is 0.158. The van der Waals surface area contributed by atoms with Crippen molar-refractivity contribution in [1.82, 2.24) is 4.98 Å². The number of rotatable bonds is 1. The lowest BCUT2D eigenvalue weighted by molar-refractivity contribution is 0.612. The molecule has 2 aromatic rings. The van der Waals surface area contributed by atoms with Gasteiger partial charge in [0, 0.05) is 35.1 Å². The van der Waals surface area contributed by atoms with E-state index in [-0.39, 0.29) is 12.4 Å². The van der Waals surface area contributed by atoms with Gasteiger partial charge in [-0.15, -0.1) is 12.4 Å². The van der Waals surface area contributed by atoms with Gasteiger partial charge >= 0.3 is 0 Å². The van der Waals surface area contributed by atoms with Gasteiger partial charge in [0.2, 0.25) is 0 Å². The predicted octanol–water partition coefficient (Wildman–Crippen LogP) is 4.32. The maximum absolute atomic E-state index is 6.16. The van der Waals surface area contributed by atoms with E-state index in [1.165, 1.54) is 0 Å². The van der Waals surface area contributed by atoms with Crippen molar-refractivity contribution in [2.75, 3.05) is 12.3 Å². The second-order valence-corrected chi connectivity index (χ2v) is 5.65. The van der Waals surface area contributed by atoms with Crippen molar-refractivity contribution in [3.05, 3.63) is 53.4 Å². The summed E-state index contributed by atoms with van der Waals surface area (Å²) in [5.41, 5.74) is 10.3. The molecule has 0 amide bonds. The minimum atomic E-state index is 0. The van der Waals surface area contributed by atoms with Crippen molar-refractivity contribution in [2.45, 2.75) is 13.8 Å². The molecule has 0 unspecified atom stereocenters. The Morgan fingerprint density at radius 2 is 1.88 bits per heavy atom. The van der Waals surface area contributed by atoms with Crippen molar-refractivity contribution >= 4 is 40.0 Å². The van der Waals surface area contributed by atoms with Crippen LogP contribution in [0.2, 0.25) is 0 Å². The summed E-state index contributed by atoms with van der Waals surface area (Å²) in [7, 11) is 0. The molecular weight excluding hydrogens is 322 g/mol. The average molecular weight is 340 g/mol. The van der Waals surface area contributed by atoms with Crippen molar-refractivity contribution in [2.24, 2.45) is 4.99 Å². The van der Waals surface area contributed by atoms with Crippen LogP contribution in [-0.2, 0) is 0 Å². The van der Waals surface area contributed by atoms with E-state index in [1.807, 2.05) is 56.3 Å². The molecule has 1 aliphatic carbocycles. The van der Waals surface area contributed by atoms with E-state index in [1.54, 1.807) is 0 Å². The molecule has 0 fully saturated rings. The number of nitrogens with zero attached hydrogens (tertiary/aromatic N) is 2. The van der Waals surface area contributed by atoms with E-state index in [9.17, 15) is 0 Å². The van der Waals surface area contributed by atoms with Crippen molar-refractivity contribution in [3.8, 4) is 11.5 Å². The molecule has 0 atom stereocenters. The minimum absolute atomic E-state index is 0. The second-order valence-electron chi connectivity index (χ2n) is 5.65. The van der Waals surface area contributed by atoms with Crippen LogP contribution in [0.15, 0.2) is 51.9 Å². The molecule has 0 bridgehead atoms. The number of nitrogens with two attached hydrogens (primary N) is 1. The molecule has 0 radical (unpaired) electrons. The molecule has 2 N–H and O–H groups in total. The molecular formula is C19H18ClN3O. The van der Waals surface area contributed by atoms with Gasteiger partial charge in [0.1, 0.15) is 11.2 Å². The third kappa shape index (κ3) is 2.49. The maximum atomic E-state index is 6.16. The molecule has 5 heteroatoms. The Hall–Kier alpha value is -2.59. The van der Waals surface area contributed by atoms with Gasteiger partial charge in [-0.1, -0.05) is 24.3 Å². The lowest BCUT2D eigenvalue weighted by atomic mass is 10.1. The number of aryl methyl sites for hydroxylation is 1. The Bertz CT molecular complexity index is 1090. The Labute approximate surface area is 145 Å². The van der Waals surface area contributed by atoms with Crippen LogP contribution in [-0.4, -0.2) is 11.5 Å². The third-order valence-corrected chi connectivity index (χ3v) is 4.07. The van der Waals surface area contributed by atoms with E-state index in [2.05, 4.69) is 4.99 Å². The lowest BCUT2D eigenvalue weighted by Crippen LogP contribution is -2.09.